The van der Waals surface area contributed by atoms with Crippen molar-refractivity contribution in [3.8, 4) is 0 Å². The van der Waals surface area contributed by atoms with Crippen LogP contribution in [0.2, 0.25) is 0 Å². The normalized spacial score (nSPS) is 13.0. The first kappa shape index (κ1) is 18.9. The molecule has 1 atom stereocenters. The fourth-order valence-electron chi connectivity index (χ4n) is 1.86. The van der Waals surface area contributed by atoms with E-state index >= 15 is 0 Å². The molecule has 0 saturated heterocycles. The van der Waals surface area contributed by atoms with Gasteiger partial charge in [0, 0.05) is 20.1 Å². The number of likely N-dealkylation sites (N-methyl/N-ethyl adjacent to an activating group) is 1. The predicted molar refractivity (Wildman–Crippen MR) is 92.0 cm³/mol. The molecule has 1 unspecified atom stereocenters. The van der Waals surface area contributed by atoms with E-state index in [-0.39, 0.29) is 30.4 Å². The molecule has 0 fully saturated rings. The van der Waals surface area contributed by atoms with Gasteiger partial charge in [-0.15, -0.1) is 0 Å². The summed E-state index contributed by atoms with van der Waals surface area (Å²) in [5.74, 6) is 0.224. The minimum Gasteiger partial charge on any atom is -0.354 e. The lowest BCUT2D eigenvalue weighted by Crippen LogP contribution is -2.43. The van der Waals surface area contributed by atoms with Crippen LogP contribution in [0.4, 0.5) is 4.39 Å². The van der Waals surface area contributed by atoms with Crippen molar-refractivity contribution in [1.82, 2.24) is 15.5 Å². The molecule has 2 N–H and O–H groups in total. The Balaban J connectivity index is 2.84. The molecule has 5 nitrogen and oxygen atoms in total. The summed E-state index contributed by atoms with van der Waals surface area (Å²) in [7, 11) is 3.39. The third kappa shape index (κ3) is 6.26. The number of benzene rings is 1. The standard InChI is InChI=1S/C17H27FN4O/c1-11(2)20-17(19-10-16(23)22(5)6)21-13(4)14-8-7-12(3)15(18)9-14/h7-9,11,13H,10H2,1-6H3,(H2,19,20,21). The molecule has 0 spiro atoms. The average molecular weight is 322 g/mol. The van der Waals surface area contributed by atoms with Gasteiger partial charge >= 0.3 is 0 Å². The second-order valence-electron chi connectivity index (χ2n) is 6.13. The molecule has 6 heteroatoms. The largest absolute Gasteiger partial charge is 0.354 e. The second kappa shape index (κ2) is 8.50. The highest BCUT2D eigenvalue weighted by atomic mass is 19.1. The van der Waals surface area contributed by atoms with Crippen molar-refractivity contribution < 1.29 is 9.18 Å². The summed E-state index contributed by atoms with van der Waals surface area (Å²) in [5.41, 5.74) is 1.44. The Morgan fingerprint density at radius 2 is 1.91 bits per heavy atom. The van der Waals surface area contributed by atoms with Crippen LogP contribution in [0, 0.1) is 12.7 Å². The van der Waals surface area contributed by atoms with E-state index in [9.17, 15) is 9.18 Å². The van der Waals surface area contributed by atoms with Gasteiger partial charge in [-0.2, -0.15) is 0 Å². The van der Waals surface area contributed by atoms with E-state index in [4.69, 9.17) is 0 Å². The van der Waals surface area contributed by atoms with Crippen LogP contribution in [0.15, 0.2) is 23.2 Å². The highest BCUT2D eigenvalue weighted by Gasteiger charge is 2.12. The zero-order chi connectivity index (χ0) is 17.6. The quantitative estimate of drug-likeness (QED) is 0.646. The van der Waals surface area contributed by atoms with E-state index in [2.05, 4.69) is 15.6 Å². The Labute approximate surface area is 138 Å². The van der Waals surface area contributed by atoms with E-state index in [1.807, 2.05) is 26.8 Å². The molecule has 1 rings (SSSR count). The van der Waals surface area contributed by atoms with Crippen molar-refractivity contribution in [2.45, 2.75) is 39.8 Å². The van der Waals surface area contributed by atoms with Crippen molar-refractivity contribution in [3.63, 3.8) is 0 Å². The molecular formula is C17H27FN4O. The minimum absolute atomic E-state index is 0.0596. The zero-order valence-electron chi connectivity index (χ0n) is 14.8. The number of nitrogens with zero attached hydrogens (tertiary/aromatic N) is 2. The Morgan fingerprint density at radius 1 is 1.26 bits per heavy atom. The topological polar surface area (TPSA) is 56.7 Å². The van der Waals surface area contributed by atoms with E-state index in [1.54, 1.807) is 27.1 Å². The summed E-state index contributed by atoms with van der Waals surface area (Å²) in [6.07, 6.45) is 0. The maximum Gasteiger partial charge on any atom is 0.243 e. The molecule has 0 bridgehead atoms. The summed E-state index contributed by atoms with van der Waals surface area (Å²) < 4.78 is 13.7. The van der Waals surface area contributed by atoms with Gasteiger partial charge in [0.05, 0.1) is 6.04 Å². The first-order valence-corrected chi connectivity index (χ1v) is 7.74. The van der Waals surface area contributed by atoms with Gasteiger partial charge in [0.15, 0.2) is 5.96 Å². The Bertz CT molecular complexity index is 570. The number of halogens is 1. The Morgan fingerprint density at radius 3 is 2.43 bits per heavy atom. The molecule has 1 amide bonds. The molecule has 0 heterocycles. The van der Waals surface area contributed by atoms with Gasteiger partial charge in [0.25, 0.3) is 0 Å². The second-order valence-corrected chi connectivity index (χ2v) is 6.13. The zero-order valence-corrected chi connectivity index (χ0v) is 14.8. The number of carbonyl (C=O) groups excluding carboxylic acids is 1. The summed E-state index contributed by atoms with van der Waals surface area (Å²) >= 11 is 0. The lowest BCUT2D eigenvalue weighted by atomic mass is 10.1. The first-order chi connectivity index (χ1) is 10.7. The van der Waals surface area contributed by atoms with E-state index < -0.39 is 0 Å². The minimum atomic E-state index is -0.228. The summed E-state index contributed by atoms with van der Waals surface area (Å²) in [5, 5.41) is 6.38. The molecule has 1 aromatic rings. The third-order valence-corrected chi connectivity index (χ3v) is 3.35. The molecule has 128 valence electrons. The number of hydrogen-bond acceptors (Lipinski definition) is 2. The van der Waals surface area contributed by atoms with E-state index in [0.29, 0.717) is 11.5 Å². The van der Waals surface area contributed by atoms with E-state index in [0.717, 1.165) is 5.56 Å². The maximum absolute atomic E-state index is 13.7. The monoisotopic (exact) mass is 322 g/mol. The van der Waals surface area contributed by atoms with Crippen LogP contribution in [-0.4, -0.2) is 43.4 Å². The lowest BCUT2D eigenvalue weighted by molar-refractivity contribution is -0.127. The number of aryl methyl sites for hydroxylation is 1. The van der Waals surface area contributed by atoms with Crippen LogP contribution >= 0.6 is 0 Å². The molecule has 0 aliphatic rings. The van der Waals surface area contributed by atoms with Crippen LogP contribution in [-0.2, 0) is 4.79 Å². The molecule has 0 aromatic heterocycles. The summed E-state index contributed by atoms with van der Waals surface area (Å²) in [4.78, 5) is 17.5. The Kier molecular flexibility index (Phi) is 7.00. The van der Waals surface area contributed by atoms with Crippen LogP contribution in [0.25, 0.3) is 0 Å². The SMILES string of the molecule is Cc1ccc(C(C)NC(=NCC(=O)N(C)C)NC(C)C)cc1F. The molecule has 0 aliphatic carbocycles. The third-order valence-electron chi connectivity index (χ3n) is 3.35. The molecule has 23 heavy (non-hydrogen) atoms. The summed E-state index contributed by atoms with van der Waals surface area (Å²) in [6, 6.07) is 5.19. The number of carbonyl (C=O) groups is 1. The average Bonchev–Trinajstić information content (AvgIpc) is 2.46. The Hall–Kier alpha value is -2.11. The van der Waals surface area contributed by atoms with Gasteiger partial charge in [0.1, 0.15) is 12.4 Å². The first-order valence-electron chi connectivity index (χ1n) is 7.74. The molecule has 0 aliphatic heterocycles. The van der Waals surface area contributed by atoms with Gasteiger partial charge in [0.2, 0.25) is 5.91 Å². The van der Waals surface area contributed by atoms with Gasteiger partial charge < -0.3 is 15.5 Å². The van der Waals surface area contributed by atoms with E-state index in [1.165, 1.54) is 11.0 Å². The highest BCUT2D eigenvalue weighted by Crippen LogP contribution is 2.16. The van der Waals surface area contributed by atoms with Crippen LogP contribution < -0.4 is 10.6 Å². The number of amides is 1. The fraction of sp³-hybridized carbons (Fsp3) is 0.529. The van der Waals surface area contributed by atoms with Gasteiger partial charge in [-0.1, -0.05) is 12.1 Å². The highest BCUT2D eigenvalue weighted by molar-refractivity contribution is 5.85. The number of hydrogen-bond donors (Lipinski definition) is 2. The lowest BCUT2D eigenvalue weighted by Gasteiger charge is -2.21. The predicted octanol–water partition coefficient (Wildman–Crippen LogP) is 2.23. The van der Waals surface area contributed by atoms with Gasteiger partial charge in [-0.05, 0) is 44.9 Å². The molecule has 0 saturated carbocycles. The van der Waals surface area contributed by atoms with Crippen molar-refractivity contribution in [2.75, 3.05) is 20.6 Å². The van der Waals surface area contributed by atoms with Gasteiger partial charge in [-0.25, -0.2) is 9.38 Å². The summed E-state index contributed by atoms with van der Waals surface area (Å²) in [6.45, 7) is 7.69. The fourth-order valence-corrected chi connectivity index (χ4v) is 1.86. The molecular weight excluding hydrogens is 295 g/mol. The van der Waals surface area contributed by atoms with Crippen molar-refractivity contribution in [3.05, 3.63) is 35.1 Å². The van der Waals surface area contributed by atoms with Crippen molar-refractivity contribution in [2.24, 2.45) is 4.99 Å². The number of aliphatic imine (C=N–C) groups is 1. The van der Waals surface area contributed by atoms with Crippen LogP contribution in [0.3, 0.4) is 0 Å². The number of nitrogens with one attached hydrogen (secondary N) is 2. The van der Waals surface area contributed by atoms with Crippen LogP contribution in [0.1, 0.15) is 37.9 Å². The maximum atomic E-state index is 13.7. The van der Waals surface area contributed by atoms with Crippen molar-refractivity contribution in [1.29, 1.82) is 0 Å². The van der Waals surface area contributed by atoms with Crippen molar-refractivity contribution >= 4 is 11.9 Å². The number of guanidine groups is 1. The molecule has 0 radical (unpaired) electrons. The van der Waals surface area contributed by atoms with Crippen LogP contribution in [0.5, 0.6) is 0 Å². The number of rotatable bonds is 5. The smallest absolute Gasteiger partial charge is 0.243 e. The molecule has 1 aromatic carbocycles. The van der Waals surface area contributed by atoms with Gasteiger partial charge in [-0.3, -0.25) is 4.79 Å².